The van der Waals surface area contributed by atoms with Crippen molar-refractivity contribution in [2.24, 2.45) is 0 Å². The van der Waals surface area contributed by atoms with E-state index in [4.69, 9.17) is 10.5 Å². The molecule has 6 heteroatoms. The lowest BCUT2D eigenvalue weighted by atomic mass is 10.1. The molecule has 2 amide bonds. The van der Waals surface area contributed by atoms with Crippen LogP contribution in [0.5, 0.6) is 5.75 Å². The molecule has 1 atom stereocenters. The fourth-order valence-corrected chi connectivity index (χ4v) is 1.79. The zero-order chi connectivity index (χ0) is 14.7. The molecule has 2 rings (SSSR count). The van der Waals surface area contributed by atoms with Crippen molar-refractivity contribution in [1.82, 2.24) is 10.6 Å². The number of nitrogens with one attached hydrogen (secondary N) is 2. The highest BCUT2D eigenvalue weighted by Gasteiger charge is 2.26. The molecule has 1 fully saturated rings. The molecule has 1 aromatic rings. The lowest BCUT2D eigenvalue weighted by Crippen LogP contribution is -2.45. The van der Waals surface area contributed by atoms with Crippen LogP contribution >= 0.6 is 0 Å². The smallest absolute Gasteiger partial charge is 0.255 e. The van der Waals surface area contributed by atoms with Crippen LogP contribution in [-0.4, -0.2) is 31.0 Å². The van der Waals surface area contributed by atoms with Crippen LogP contribution < -0.4 is 21.1 Å². The normalized spacial score (nSPS) is 15.3. The van der Waals surface area contributed by atoms with Crippen LogP contribution in [0.3, 0.4) is 0 Å². The zero-order valence-corrected chi connectivity index (χ0v) is 11.6. The van der Waals surface area contributed by atoms with Gasteiger partial charge in [-0.25, -0.2) is 0 Å². The Morgan fingerprint density at radius 1 is 1.40 bits per heavy atom. The first-order valence-electron chi connectivity index (χ1n) is 6.56. The molecule has 20 heavy (non-hydrogen) atoms. The van der Waals surface area contributed by atoms with Crippen LogP contribution in [-0.2, 0) is 4.79 Å². The average molecular weight is 277 g/mol. The van der Waals surface area contributed by atoms with Crippen molar-refractivity contribution in [3.63, 3.8) is 0 Å². The predicted molar refractivity (Wildman–Crippen MR) is 75.5 cm³/mol. The number of hydrogen-bond acceptors (Lipinski definition) is 4. The van der Waals surface area contributed by atoms with Crippen LogP contribution in [0, 0.1) is 0 Å². The maximum Gasteiger partial charge on any atom is 0.255 e. The third-order valence-electron chi connectivity index (χ3n) is 3.13. The van der Waals surface area contributed by atoms with Gasteiger partial charge >= 0.3 is 0 Å². The first-order chi connectivity index (χ1) is 9.51. The second-order valence-electron chi connectivity index (χ2n) is 4.94. The Kier molecular flexibility index (Phi) is 4.12. The van der Waals surface area contributed by atoms with Gasteiger partial charge < -0.3 is 21.1 Å². The van der Waals surface area contributed by atoms with Gasteiger partial charge in [0.25, 0.3) is 5.91 Å². The summed E-state index contributed by atoms with van der Waals surface area (Å²) in [6.07, 6.45) is 2.02. The molecule has 1 unspecified atom stereocenters. The molecule has 0 aliphatic heterocycles. The fourth-order valence-electron chi connectivity index (χ4n) is 1.79. The Morgan fingerprint density at radius 3 is 2.70 bits per heavy atom. The Morgan fingerprint density at radius 2 is 2.10 bits per heavy atom. The third-order valence-corrected chi connectivity index (χ3v) is 3.13. The monoisotopic (exact) mass is 277 g/mol. The minimum atomic E-state index is -0.592. The number of carbonyl (C=O) groups excluding carboxylic acids is 2. The minimum Gasteiger partial charge on any atom is -0.496 e. The van der Waals surface area contributed by atoms with Gasteiger partial charge in [-0.1, -0.05) is 0 Å². The molecule has 1 saturated carbocycles. The molecule has 108 valence electrons. The van der Waals surface area contributed by atoms with Crippen LogP contribution in [0.2, 0.25) is 0 Å². The lowest BCUT2D eigenvalue weighted by Gasteiger charge is -2.15. The Labute approximate surface area is 117 Å². The number of amides is 2. The van der Waals surface area contributed by atoms with Gasteiger partial charge in [0, 0.05) is 17.8 Å². The number of nitrogens with two attached hydrogens (primary N) is 1. The van der Waals surface area contributed by atoms with Crippen LogP contribution in [0.15, 0.2) is 18.2 Å². The van der Waals surface area contributed by atoms with Gasteiger partial charge in [0.1, 0.15) is 11.8 Å². The third kappa shape index (κ3) is 3.40. The highest BCUT2D eigenvalue weighted by Crippen LogP contribution is 2.21. The van der Waals surface area contributed by atoms with Crippen molar-refractivity contribution < 1.29 is 14.3 Å². The Hall–Kier alpha value is -2.24. The minimum absolute atomic E-state index is 0.171. The summed E-state index contributed by atoms with van der Waals surface area (Å²) in [7, 11) is 1.47. The Balaban J connectivity index is 2.01. The van der Waals surface area contributed by atoms with Gasteiger partial charge in [0.2, 0.25) is 5.91 Å². The van der Waals surface area contributed by atoms with E-state index in [0.29, 0.717) is 17.0 Å². The summed E-state index contributed by atoms with van der Waals surface area (Å²) in [5, 5.41) is 5.49. The summed E-state index contributed by atoms with van der Waals surface area (Å²) in [5.41, 5.74) is 6.51. The van der Waals surface area contributed by atoms with E-state index < -0.39 is 6.04 Å². The average Bonchev–Trinajstić information content (AvgIpc) is 3.22. The number of benzene rings is 1. The second kappa shape index (κ2) is 5.81. The molecule has 0 aromatic heterocycles. The van der Waals surface area contributed by atoms with Crippen molar-refractivity contribution in [2.75, 3.05) is 12.8 Å². The maximum atomic E-state index is 12.1. The second-order valence-corrected chi connectivity index (χ2v) is 4.94. The number of ether oxygens (including phenoxy) is 1. The summed E-state index contributed by atoms with van der Waals surface area (Å²) < 4.78 is 5.12. The van der Waals surface area contributed by atoms with Crippen molar-refractivity contribution >= 4 is 17.5 Å². The fraction of sp³-hybridized carbons (Fsp3) is 0.429. The molecule has 6 nitrogen and oxygen atoms in total. The number of methoxy groups -OCH3 is 1. The van der Waals surface area contributed by atoms with E-state index in [-0.39, 0.29) is 17.9 Å². The topological polar surface area (TPSA) is 93.4 Å². The van der Waals surface area contributed by atoms with Crippen molar-refractivity contribution in [2.45, 2.75) is 31.8 Å². The van der Waals surface area contributed by atoms with Crippen LogP contribution in [0.1, 0.15) is 30.1 Å². The molecular weight excluding hydrogens is 258 g/mol. The van der Waals surface area contributed by atoms with E-state index in [0.717, 1.165) is 12.8 Å². The molecule has 4 N–H and O–H groups in total. The standard InChI is InChI=1S/C14H19N3O3/c1-8(13(18)17-10-4-5-10)16-14(19)11-6-3-9(15)7-12(11)20-2/h3,6-8,10H,4-5,15H2,1-2H3,(H,16,19)(H,17,18). The summed E-state index contributed by atoms with van der Waals surface area (Å²) in [6, 6.07) is 4.45. The maximum absolute atomic E-state index is 12.1. The molecule has 0 heterocycles. The molecule has 1 aromatic carbocycles. The van der Waals surface area contributed by atoms with E-state index in [1.807, 2.05) is 0 Å². The molecule has 0 bridgehead atoms. The van der Waals surface area contributed by atoms with Gasteiger partial charge in [0.15, 0.2) is 0 Å². The van der Waals surface area contributed by atoms with Crippen molar-refractivity contribution in [3.05, 3.63) is 23.8 Å². The highest BCUT2D eigenvalue weighted by molar-refractivity contribution is 6.00. The number of hydrogen-bond donors (Lipinski definition) is 3. The largest absolute Gasteiger partial charge is 0.496 e. The van der Waals surface area contributed by atoms with E-state index in [9.17, 15) is 9.59 Å². The molecule has 0 radical (unpaired) electrons. The molecule has 1 aliphatic rings. The SMILES string of the molecule is COc1cc(N)ccc1C(=O)NC(C)C(=O)NC1CC1. The van der Waals surface area contributed by atoms with Gasteiger partial charge in [-0.2, -0.15) is 0 Å². The van der Waals surface area contributed by atoms with Gasteiger partial charge in [-0.15, -0.1) is 0 Å². The van der Waals surface area contributed by atoms with Crippen molar-refractivity contribution in [3.8, 4) is 5.75 Å². The quantitative estimate of drug-likeness (QED) is 0.690. The van der Waals surface area contributed by atoms with Crippen LogP contribution in [0.4, 0.5) is 5.69 Å². The number of anilines is 1. The summed E-state index contributed by atoms with van der Waals surface area (Å²) in [5.74, 6) is -0.146. The van der Waals surface area contributed by atoms with E-state index in [2.05, 4.69) is 10.6 Å². The number of carbonyl (C=O) groups is 2. The summed E-state index contributed by atoms with van der Waals surface area (Å²) in [6.45, 7) is 1.65. The van der Waals surface area contributed by atoms with Gasteiger partial charge in [-0.05, 0) is 31.9 Å². The number of nitrogen functional groups attached to an aromatic ring is 1. The van der Waals surface area contributed by atoms with Crippen LogP contribution in [0.25, 0.3) is 0 Å². The molecule has 1 aliphatic carbocycles. The van der Waals surface area contributed by atoms with Gasteiger partial charge in [0.05, 0.1) is 12.7 Å². The van der Waals surface area contributed by atoms with Crippen molar-refractivity contribution in [1.29, 1.82) is 0 Å². The first kappa shape index (κ1) is 14.2. The molecule has 0 spiro atoms. The van der Waals surface area contributed by atoms with E-state index in [1.165, 1.54) is 7.11 Å². The van der Waals surface area contributed by atoms with Gasteiger partial charge in [-0.3, -0.25) is 9.59 Å². The van der Waals surface area contributed by atoms with E-state index in [1.54, 1.807) is 25.1 Å². The number of rotatable bonds is 5. The highest BCUT2D eigenvalue weighted by atomic mass is 16.5. The zero-order valence-electron chi connectivity index (χ0n) is 11.6. The Bertz CT molecular complexity index is 526. The lowest BCUT2D eigenvalue weighted by molar-refractivity contribution is -0.122. The van der Waals surface area contributed by atoms with E-state index >= 15 is 0 Å². The predicted octanol–water partition coefficient (Wildman–Crippen LogP) is 0.674. The first-order valence-corrected chi connectivity index (χ1v) is 6.56. The molecule has 0 saturated heterocycles. The molecular formula is C14H19N3O3. The summed E-state index contributed by atoms with van der Waals surface area (Å²) in [4.78, 5) is 23.9. The summed E-state index contributed by atoms with van der Waals surface area (Å²) >= 11 is 0.